The third kappa shape index (κ3) is 4.28. The average Bonchev–Trinajstić information content (AvgIpc) is 3.03. The fourth-order valence-electron chi connectivity index (χ4n) is 4.10. The molecule has 1 N–H and O–H groups in total. The number of fused-ring (bicyclic) bond motifs is 1. The quantitative estimate of drug-likeness (QED) is 0.720. The van der Waals surface area contributed by atoms with Crippen LogP contribution in [0, 0.1) is 5.92 Å². The number of aromatic amines is 1. The second kappa shape index (κ2) is 8.76. The molecule has 2 aromatic heterocycles. The van der Waals surface area contributed by atoms with Gasteiger partial charge in [-0.25, -0.2) is 4.79 Å². The summed E-state index contributed by atoms with van der Waals surface area (Å²) in [4.78, 5) is 34.0. The predicted molar refractivity (Wildman–Crippen MR) is 110 cm³/mol. The van der Waals surface area contributed by atoms with Crippen molar-refractivity contribution in [1.29, 1.82) is 0 Å². The van der Waals surface area contributed by atoms with Crippen LogP contribution >= 0.6 is 0 Å². The van der Waals surface area contributed by atoms with Crippen LogP contribution in [-0.4, -0.2) is 32.2 Å². The van der Waals surface area contributed by atoms with Crippen LogP contribution in [0.1, 0.15) is 65.2 Å². The third-order valence-corrected chi connectivity index (χ3v) is 5.66. The molecule has 0 spiro atoms. The molecular weight excluding hydrogens is 342 g/mol. The lowest BCUT2D eigenvalue weighted by atomic mass is 10.0. The Morgan fingerprint density at radius 2 is 1.89 bits per heavy atom. The monoisotopic (exact) mass is 375 g/mol. The van der Waals surface area contributed by atoms with Crippen molar-refractivity contribution in [2.24, 2.45) is 13.0 Å². The number of rotatable bonds is 8. The maximum Gasteiger partial charge on any atom is 0.329 e. The Kier molecular flexibility index (Phi) is 6.39. The molecule has 0 aromatic carbocycles. The Morgan fingerprint density at radius 3 is 2.63 bits per heavy atom. The number of nitrogens with zero attached hydrogens (tertiary/aromatic N) is 4. The van der Waals surface area contributed by atoms with Crippen molar-refractivity contribution in [1.82, 2.24) is 19.1 Å². The molecule has 0 bridgehead atoms. The van der Waals surface area contributed by atoms with Crippen LogP contribution in [0.5, 0.6) is 0 Å². The van der Waals surface area contributed by atoms with Crippen molar-refractivity contribution in [2.45, 2.75) is 71.8 Å². The summed E-state index contributed by atoms with van der Waals surface area (Å²) in [7, 11) is 1.67. The second-order valence-electron chi connectivity index (χ2n) is 8.02. The van der Waals surface area contributed by atoms with Gasteiger partial charge in [0.2, 0.25) is 5.95 Å². The summed E-state index contributed by atoms with van der Waals surface area (Å²) in [5.74, 6) is 1.46. The van der Waals surface area contributed by atoms with E-state index in [-0.39, 0.29) is 5.56 Å². The van der Waals surface area contributed by atoms with Crippen molar-refractivity contribution in [3.8, 4) is 0 Å². The maximum atomic E-state index is 12.6. The number of aromatic nitrogens is 4. The molecule has 1 aliphatic rings. The Morgan fingerprint density at radius 1 is 1.15 bits per heavy atom. The van der Waals surface area contributed by atoms with Crippen LogP contribution in [0.15, 0.2) is 9.59 Å². The fraction of sp³-hybridized carbons (Fsp3) is 0.750. The number of aryl methyl sites for hydroxylation is 2. The lowest BCUT2D eigenvalue weighted by Crippen LogP contribution is -2.36. The van der Waals surface area contributed by atoms with Crippen LogP contribution in [0.3, 0.4) is 0 Å². The van der Waals surface area contributed by atoms with Gasteiger partial charge in [0.15, 0.2) is 11.2 Å². The summed E-state index contributed by atoms with van der Waals surface area (Å²) < 4.78 is 3.50. The van der Waals surface area contributed by atoms with Gasteiger partial charge in [-0.3, -0.25) is 14.3 Å². The zero-order chi connectivity index (χ0) is 19.4. The number of imidazole rings is 1. The third-order valence-electron chi connectivity index (χ3n) is 5.66. The highest BCUT2D eigenvalue weighted by atomic mass is 16.2. The largest absolute Gasteiger partial charge is 0.342 e. The molecule has 150 valence electrons. The lowest BCUT2D eigenvalue weighted by Gasteiger charge is -2.32. The van der Waals surface area contributed by atoms with E-state index in [0.29, 0.717) is 17.1 Å². The minimum atomic E-state index is -0.407. The van der Waals surface area contributed by atoms with Gasteiger partial charge in [0.05, 0.1) is 0 Å². The lowest BCUT2D eigenvalue weighted by molar-refractivity contribution is 0.436. The van der Waals surface area contributed by atoms with Gasteiger partial charge in [-0.2, -0.15) is 4.98 Å². The molecule has 0 amide bonds. The van der Waals surface area contributed by atoms with Crippen LogP contribution in [0.25, 0.3) is 11.2 Å². The van der Waals surface area contributed by atoms with E-state index >= 15 is 0 Å². The molecule has 1 fully saturated rings. The second-order valence-corrected chi connectivity index (χ2v) is 8.02. The van der Waals surface area contributed by atoms with Crippen LogP contribution in [0.2, 0.25) is 0 Å². The molecule has 0 saturated carbocycles. The first-order chi connectivity index (χ1) is 13.0. The van der Waals surface area contributed by atoms with E-state index in [0.717, 1.165) is 44.8 Å². The zero-order valence-electron chi connectivity index (χ0n) is 17.0. The molecule has 1 atom stereocenters. The summed E-state index contributed by atoms with van der Waals surface area (Å²) in [6.07, 6.45) is 9.56. The van der Waals surface area contributed by atoms with E-state index in [1.807, 2.05) is 4.57 Å². The Labute approximate surface area is 160 Å². The summed E-state index contributed by atoms with van der Waals surface area (Å²) >= 11 is 0. The maximum absolute atomic E-state index is 12.6. The van der Waals surface area contributed by atoms with Crippen molar-refractivity contribution < 1.29 is 0 Å². The molecule has 1 unspecified atom stereocenters. The molecule has 0 radical (unpaired) electrons. The SMILES string of the molecule is CCCCCCCCn1c(N2CCCC(C)C2)nc2c1c(=O)[nH]c(=O)n2C. The minimum Gasteiger partial charge on any atom is -0.342 e. The van der Waals surface area contributed by atoms with Crippen molar-refractivity contribution in [3.05, 3.63) is 20.8 Å². The fourth-order valence-corrected chi connectivity index (χ4v) is 4.10. The van der Waals surface area contributed by atoms with Gasteiger partial charge in [0, 0.05) is 26.7 Å². The van der Waals surface area contributed by atoms with Gasteiger partial charge in [-0.15, -0.1) is 0 Å². The summed E-state index contributed by atoms with van der Waals surface area (Å²) in [5, 5.41) is 0. The molecule has 2 aromatic rings. The van der Waals surface area contributed by atoms with Crippen molar-refractivity contribution in [2.75, 3.05) is 18.0 Å². The summed E-state index contributed by atoms with van der Waals surface area (Å²) in [6, 6.07) is 0. The highest BCUT2D eigenvalue weighted by Crippen LogP contribution is 2.25. The number of piperidine rings is 1. The Hall–Kier alpha value is -2.05. The molecule has 3 heterocycles. The molecule has 0 aliphatic carbocycles. The Bertz CT molecular complexity index is 879. The number of unbranched alkanes of at least 4 members (excludes halogenated alkanes) is 5. The van der Waals surface area contributed by atoms with E-state index in [1.165, 1.54) is 36.7 Å². The van der Waals surface area contributed by atoms with Gasteiger partial charge in [0.25, 0.3) is 5.56 Å². The molecule has 1 aliphatic heterocycles. The molecule has 27 heavy (non-hydrogen) atoms. The highest BCUT2D eigenvalue weighted by Gasteiger charge is 2.24. The first-order valence-electron chi connectivity index (χ1n) is 10.5. The average molecular weight is 376 g/mol. The van der Waals surface area contributed by atoms with Crippen LogP contribution in [-0.2, 0) is 13.6 Å². The smallest absolute Gasteiger partial charge is 0.329 e. The van der Waals surface area contributed by atoms with Crippen LogP contribution in [0.4, 0.5) is 5.95 Å². The summed E-state index contributed by atoms with van der Waals surface area (Å²) in [5.41, 5.74) is 0.278. The topological polar surface area (TPSA) is 75.9 Å². The normalized spacial score (nSPS) is 17.7. The number of H-pyrrole nitrogens is 1. The molecule has 7 heteroatoms. The van der Waals surface area contributed by atoms with Gasteiger partial charge >= 0.3 is 5.69 Å². The predicted octanol–water partition coefficient (Wildman–Crippen LogP) is 3.02. The van der Waals surface area contributed by atoms with Gasteiger partial charge in [0.1, 0.15) is 0 Å². The van der Waals surface area contributed by atoms with E-state index in [4.69, 9.17) is 4.98 Å². The highest BCUT2D eigenvalue weighted by molar-refractivity contribution is 5.74. The van der Waals surface area contributed by atoms with Crippen molar-refractivity contribution in [3.63, 3.8) is 0 Å². The number of hydrogen-bond donors (Lipinski definition) is 1. The Balaban J connectivity index is 1.92. The minimum absolute atomic E-state index is 0.331. The first-order valence-corrected chi connectivity index (χ1v) is 10.5. The standard InChI is InChI=1S/C20H33N5O2/c1-4-5-6-7-8-9-13-25-16-17(23(3)20(27)22-18(16)26)21-19(25)24-12-10-11-15(2)14-24/h15H,4-14H2,1-3H3,(H,22,26,27). The van der Waals surface area contributed by atoms with Crippen LogP contribution < -0.4 is 16.1 Å². The first kappa shape index (κ1) is 19.7. The van der Waals surface area contributed by atoms with E-state index in [9.17, 15) is 9.59 Å². The van der Waals surface area contributed by atoms with E-state index < -0.39 is 5.69 Å². The molecule has 7 nitrogen and oxygen atoms in total. The van der Waals surface area contributed by atoms with Crippen molar-refractivity contribution >= 4 is 17.1 Å². The molecular formula is C20H33N5O2. The number of anilines is 1. The summed E-state index contributed by atoms with van der Waals surface area (Å²) in [6.45, 7) is 7.15. The van der Waals surface area contributed by atoms with E-state index in [2.05, 4.69) is 23.7 Å². The van der Waals surface area contributed by atoms with Gasteiger partial charge in [-0.1, -0.05) is 46.0 Å². The number of nitrogens with one attached hydrogen (secondary N) is 1. The molecule has 1 saturated heterocycles. The van der Waals surface area contributed by atoms with Gasteiger partial charge in [-0.05, 0) is 25.2 Å². The zero-order valence-corrected chi connectivity index (χ0v) is 17.0. The number of hydrogen-bond acceptors (Lipinski definition) is 4. The van der Waals surface area contributed by atoms with E-state index in [1.54, 1.807) is 7.05 Å². The molecule has 3 rings (SSSR count). The van der Waals surface area contributed by atoms with Gasteiger partial charge < -0.3 is 9.47 Å².